The van der Waals surface area contributed by atoms with Crippen LogP contribution < -0.4 is 5.73 Å². The third-order valence-electron chi connectivity index (χ3n) is 2.71. The Hall–Kier alpha value is -1.66. The van der Waals surface area contributed by atoms with E-state index in [1.54, 1.807) is 21.8 Å². The molecule has 0 aromatic carbocycles. The maximum atomic E-state index is 12.4. The fourth-order valence-corrected chi connectivity index (χ4v) is 2.03. The Morgan fingerprint density at radius 2 is 2.26 bits per heavy atom. The molecule has 2 rings (SSSR count). The van der Waals surface area contributed by atoms with E-state index in [1.807, 2.05) is 13.8 Å². The lowest BCUT2D eigenvalue weighted by molar-refractivity contribution is 0.102. The summed E-state index contributed by atoms with van der Waals surface area (Å²) in [4.78, 5) is 16.5. The van der Waals surface area contributed by atoms with Crippen LogP contribution in [0.1, 0.15) is 36.1 Å². The standard InChI is InChI=1S/C12H16ClN5O/c1-8(2)18-11(9(13)5-16-18)12(19)10-6-17(4-3-14)7-15-10/h5-8H,3-4,14H2,1-2H3. The van der Waals surface area contributed by atoms with Gasteiger partial charge in [0.2, 0.25) is 5.78 Å². The predicted molar refractivity (Wildman–Crippen MR) is 72.3 cm³/mol. The zero-order valence-corrected chi connectivity index (χ0v) is 11.6. The van der Waals surface area contributed by atoms with Gasteiger partial charge in [0, 0.05) is 25.3 Å². The molecule has 7 heteroatoms. The predicted octanol–water partition coefficient (Wildman–Crippen LogP) is 1.50. The quantitative estimate of drug-likeness (QED) is 0.843. The minimum atomic E-state index is -0.230. The van der Waals surface area contributed by atoms with Gasteiger partial charge >= 0.3 is 0 Å². The van der Waals surface area contributed by atoms with Crippen LogP contribution in [0.3, 0.4) is 0 Å². The highest BCUT2D eigenvalue weighted by atomic mass is 35.5. The second-order valence-corrected chi connectivity index (χ2v) is 4.90. The average molecular weight is 282 g/mol. The second-order valence-electron chi connectivity index (χ2n) is 4.49. The molecule has 2 aromatic heterocycles. The lowest BCUT2D eigenvalue weighted by Crippen LogP contribution is -2.14. The average Bonchev–Trinajstić information content (AvgIpc) is 2.95. The third kappa shape index (κ3) is 2.69. The summed E-state index contributed by atoms with van der Waals surface area (Å²) in [5.41, 5.74) is 6.17. The van der Waals surface area contributed by atoms with E-state index in [9.17, 15) is 4.79 Å². The third-order valence-corrected chi connectivity index (χ3v) is 2.98. The van der Waals surface area contributed by atoms with E-state index in [-0.39, 0.29) is 11.8 Å². The Morgan fingerprint density at radius 1 is 1.53 bits per heavy atom. The van der Waals surface area contributed by atoms with Crippen molar-refractivity contribution in [2.45, 2.75) is 26.4 Å². The number of aromatic nitrogens is 4. The zero-order chi connectivity index (χ0) is 14.0. The molecule has 0 aliphatic carbocycles. The topological polar surface area (TPSA) is 78.7 Å². The molecule has 0 saturated carbocycles. The first-order valence-corrected chi connectivity index (χ1v) is 6.42. The maximum Gasteiger partial charge on any atom is 0.232 e. The molecule has 6 nitrogen and oxygen atoms in total. The van der Waals surface area contributed by atoms with Crippen LogP contribution in [0.2, 0.25) is 5.02 Å². The van der Waals surface area contributed by atoms with Gasteiger partial charge in [-0.3, -0.25) is 9.48 Å². The number of rotatable bonds is 5. The molecule has 102 valence electrons. The van der Waals surface area contributed by atoms with Gasteiger partial charge in [0.25, 0.3) is 0 Å². The van der Waals surface area contributed by atoms with Gasteiger partial charge in [0.1, 0.15) is 11.4 Å². The van der Waals surface area contributed by atoms with Gasteiger partial charge in [0.05, 0.1) is 17.5 Å². The van der Waals surface area contributed by atoms with Crippen molar-refractivity contribution >= 4 is 17.4 Å². The van der Waals surface area contributed by atoms with Crippen LogP contribution in [-0.2, 0) is 6.54 Å². The van der Waals surface area contributed by atoms with Crippen LogP contribution in [0.15, 0.2) is 18.7 Å². The summed E-state index contributed by atoms with van der Waals surface area (Å²) in [5, 5.41) is 4.45. The monoisotopic (exact) mass is 281 g/mol. The zero-order valence-electron chi connectivity index (χ0n) is 10.9. The smallest absolute Gasteiger partial charge is 0.232 e. The number of hydrogen-bond acceptors (Lipinski definition) is 4. The number of halogens is 1. The van der Waals surface area contributed by atoms with E-state index in [2.05, 4.69) is 10.1 Å². The highest BCUT2D eigenvalue weighted by Gasteiger charge is 2.22. The van der Waals surface area contributed by atoms with Crippen LogP contribution in [-0.4, -0.2) is 31.7 Å². The summed E-state index contributed by atoms with van der Waals surface area (Å²) in [6.07, 6.45) is 4.74. The van der Waals surface area contributed by atoms with Gasteiger partial charge in [-0.05, 0) is 13.8 Å². The molecule has 2 heterocycles. The Kier molecular flexibility index (Phi) is 4.01. The number of nitrogens with two attached hydrogens (primary N) is 1. The molecule has 2 N–H and O–H groups in total. The van der Waals surface area contributed by atoms with Crippen LogP contribution in [0.4, 0.5) is 0 Å². The lowest BCUT2D eigenvalue weighted by Gasteiger charge is -2.09. The molecule has 0 amide bonds. The van der Waals surface area contributed by atoms with Crippen molar-refractivity contribution < 1.29 is 4.79 Å². The molecule has 0 aliphatic rings. The first-order chi connectivity index (χ1) is 9.04. The molecule has 0 fully saturated rings. The SMILES string of the molecule is CC(C)n1ncc(Cl)c1C(=O)c1cn(CCN)cn1. The van der Waals surface area contributed by atoms with Gasteiger partial charge in [-0.2, -0.15) is 5.10 Å². The van der Waals surface area contributed by atoms with Crippen LogP contribution in [0, 0.1) is 0 Å². The Balaban J connectivity index is 2.35. The number of carbonyl (C=O) groups is 1. The van der Waals surface area contributed by atoms with Crippen molar-refractivity contribution in [3.8, 4) is 0 Å². The molecule has 0 radical (unpaired) electrons. The van der Waals surface area contributed by atoms with Crippen LogP contribution in [0.5, 0.6) is 0 Å². The first-order valence-electron chi connectivity index (χ1n) is 6.04. The van der Waals surface area contributed by atoms with E-state index in [0.717, 1.165) is 0 Å². The van der Waals surface area contributed by atoms with Gasteiger partial charge in [0.15, 0.2) is 0 Å². The molecule has 0 saturated heterocycles. The molecule has 0 bridgehead atoms. The highest BCUT2D eigenvalue weighted by Crippen LogP contribution is 2.21. The van der Waals surface area contributed by atoms with E-state index in [0.29, 0.717) is 29.5 Å². The van der Waals surface area contributed by atoms with Crippen LogP contribution in [0.25, 0.3) is 0 Å². The summed E-state index contributed by atoms with van der Waals surface area (Å²) in [6.45, 7) is 4.99. The maximum absolute atomic E-state index is 12.4. The number of ketones is 1. The highest BCUT2D eigenvalue weighted by molar-refractivity contribution is 6.34. The van der Waals surface area contributed by atoms with Crippen molar-refractivity contribution in [1.29, 1.82) is 0 Å². The number of imidazole rings is 1. The van der Waals surface area contributed by atoms with Gasteiger partial charge in [-0.15, -0.1) is 0 Å². The molecule has 0 aliphatic heterocycles. The first kappa shape index (κ1) is 13.8. The Morgan fingerprint density at radius 3 is 2.89 bits per heavy atom. The van der Waals surface area contributed by atoms with Gasteiger partial charge in [-0.1, -0.05) is 11.6 Å². The summed E-state index contributed by atoms with van der Waals surface area (Å²) >= 11 is 6.04. The van der Waals surface area contributed by atoms with Gasteiger partial charge < -0.3 is 10.3 Å². The summed E-state index contributed by atoms with van der Waals surface area (Å²) in [5.74, 6) is -0.230. The van der Waals surface area contributed by atoms with Crippen LogP contribution >= 0.6 is 11.6 Å². The molecule has 0 spiro atoms. The minimum Gasteiger partial charge on any atom is -0.335 e. The normalized spacial score (nSPS) is 11.2. The number of nitrogens with zero attached hydrogens (tertiary/aromatic N) is 4. The van der Waals surface area contributed by atoms with Crippen molar-refractivity contribution in [3.63, 3.8) is 0 Å². The minimum absolute atomic E-state index is 0.0533. The second kappa shape index (κ2) is 5.54. The van der Waals surface area contributed by atoms with E-state index in [4.69, 9.17) is 17.3 Å². The van der Waals surface area contributed by atoms with Gasteiger partial charge in [-0.25, -0.2) is 4.98 Å². The van der Waals surface area contributed by atoms with Crippen molar-refractivity contribution in [2.24, 2.45) is 5.73 Å². The van der Waals surface area contributed by atoms with E-state index in [1.165, 1.54) is 6.20 Å². The number of carbonyl (C=O) groups excluding carboxylic acids is 1. The largest absolute Gasteiger partial charge is 0.335 e. The van der Waals surface area contributed by atoms with Crippen molar-refractivity contribution in [2.75, 3.05) is 6.54 Å². The summed E-state index contributed by atoms with van der Waals surface area (Å²) < 4.78 is 3.38. The van der Waals surface area contributed by atoms with E-state index >= 15 is 0 Å². The lowest BCUT2D eigenvalue weighted by atomic mass is 10.2. The molecule has 0 atom stereocenters. The van der Waals surface area contributed by atoms with Crippen molar-refractivity contribution in [3.05, 3.63) is 35.1 Å². The molecular weight excluding hydrogens is 266 g/mol. The van der Waals surface area contributed by atoms with E-state index < -0.39 is 0 Å². The fourth-order valence-electron chi connectivity index (χ4n) is 1.82. The summed E-state index contributed by atoms with van der Waals surface area (Å²) in [6, 6.07) is 0.0533. The molecular formula is C12H16ClN5O. The molecule has 19 heavy (non-hydrogen) atoms. The molecule has 0 unspecified atom stereocenters. The number of hydrogen-bond donors (Lipinski definition) is 1. The fraction of sp³-hybridized carbons (Fsp3) is 0.417. The Labute approximate surface area is 116 Å². The summed E-state index contributed by atoms with van der Waals surface area (Å²) in [7, 11) is 0. The Bertz CT molecular complexity index is 587. The molecule has 2 aromatic rings. The van der Waals surface area contributed by atoms with Crippen molar-refractivity contribution in [1.82, 2.24) is 19.3 Å².